The van der Waals surface area contributed by atoms with E-state index >= 15 is 0 Å². The van der Waals surface area contributed by atoms with Crippen molar-refractivity contribution in [3.05, 3.63) is 41.5 Å². The van der Waals surface area contributed by atoms with Crippen LogP contribution in [0.2, 0.25) is 13.1 Å². The molecule has 5 nitrogen and oxygen atoms in total. The van der Waals surface area contributed by atoms with Gasteiger partial charge in [-0.15, -0.1) is 0 Å². The van der Waals surface area contributed by atoms with Crippen LogP contribution in [-0.2, 0) is 23.5 Å². The Morgan fingerprint density at radius 2 is 1.57 bits per heavy atom. The first-order chi connectivity index (χ1) is 14.1. The van der Waals surface area contributed by atoms with Crippen LogP contribution < -0.4 is 5.19 Å². The summed E-state index contributed by atoms with van der Waals surface area (Å²) in [6, 6.07) is 10.8. The van der Waals surface area contributed by atoms with E-state index in [4.69, 9.17) is 23.5 Å². The van der Waals surface area contributed by atoms with Gasteiger partial charge in [0, 0.05) is 13.7 Å². The molecule has 0 aromatic heterocycles. The first-order valence-corrected chi connectivity index (χ1v) is 13.9. The lowest BCUT2D eigenvalue weighted by Crippen LogP contribution is -2.44. The van der Waals surface area contributed by atoms with Gasteiger partial charge in [-0.2, -0.15) is 0 Å². The van der Waals surface area contributed by atoms with Crippen LogP contribution in [0.5, 0.6) is 0 Å². The van der Waals surface area contributed by atoms with Crippen LogP contribution in [0.1, 0.15) is 40.5 Å². The first kappa shape index (κ1) is 25.3. The van der Waals surface area contributed by atoms with Gasteiger partial charge in [0.25, 0.3) is 0 Å². The number of ether oxygens (including phenoxy) is 3. The van der Waals surface area contributed by atoms with Crippen LogP contribution >= 0.6 is 0 Å². The van der Waals surface area contributed by atoms with Gasteiger partial charge in [0.15, 0.2) is 0 Å². The minimum absolute atomic E-state index is 0.305. The van der Waals surface area contributed by atoms with Crippen molar-refractivity contribution in [3.63, 3.8) is 0 Å². The van der Waals surface area contributed by atoms with Crippen LogP contribution in [0.15, 0.2) is 41.5 Å². The lowest BCUT2D eigenvalue weighted by Gasteiger charge is -2.32. The maximum absolute atomic E-state index is 6.27. The summed E-state index contributed by atoms with van der Waals surface area (Å²) >= 11 is 0. The summed E-state index contributed by atoms with van der Waals surface area (Å²) in [6.45, 7) is 15.3. The molecular formula is C23H39BO5Si. The van der Waals surface area contributed by atoms with E-state index in [1.54, 1.807) is 7.11 Å². The molecule has 0 unspecified atom stereocenters. The molecule has 1 aliphatic rings. The molecule has 1 aliphatic heterocycles. The third-order valence-corrected chi connectivity index (χ3v) is 10.0. The highest BCUT2D eigenvalue weighted by Gasteiger charge is 2.50. The number of allylic oxidation sites excluding steroid dienone is 1. The third-order valence-electron chi connectivity index (χ3n) is 6.24. The van der Waals surface area contributed by atoms with Crippen molar-refractivity contribution in [2.45, 2.75) is 64.8 Å². The molecule has 0 bridgehead atoms. The SMILES string of the molecule is COCCOCOCCC/C(=C/B1OC(C)(C)C(C)(C)O1)[Si](C)(C)c1ccccc1. The summed E-state index contributed by atoms with van der Waals surface area (Å²) in [5, 5.41) is 2.84. The van der Waals surface area contributed by atoms with Crippen LogP contribution in [0.3, 0.4) is 0 Å². The number of benzene rings is 1. The van der Waals surface area contributed by atoms with Crippen molar-refractivity contribution in [1.82, 2.24) is 0 Å². The zero-order valence-corrected chi connectivity index (χ0v) is 20.8. The van der Waals surface area contributed by atoms with Gasteiger partial charge < -0.3 is 23.5 Å². The van der Waals surface area contributed by atoms with Crippen molar-refractivity contribution in [1.29, 1.82) is 0 Å². The number of methoxy groups -OCH3 is 1. The molecule has 0 atom stereocenters. The summed E-state index contributed by atoms with van der Waals surface area (Å²) in [4.78, 5) is 0. The van der Waals surface area contributed by atoms with Crippen molar-refractivity contribution >= 4 is 20.4 Å². The Labute approximate surface area is 184 Å². The highest BCUT2D eigenvalue weighted by atomic mass is 28.3. The molecule has 1 saturated heterocycles. The van der Waals surface area contributed by atoms with Crippen molar-refractivity contribution in [3.8, 4) is 0 Å². The molecule has 2 rings (SSSR count). The van der Waals surface area contributed by atoms with E-state index in [-0.39, 0.29) is 18.3 Å². The zero-order valence-electron chi connectivity index (χ0n) is 19.8. The Morgan fingerprint density at radius 3 is 2.17 bits per heavy atom. The van der Waals surface area contributed by atoms with E-state index in [1.165, 1.54) is 10.4 Å². The van der Waals surface area contributed by atoms with Gasteiger partial charge in [-0.3, -0.25) is 0 Å². The normalized spacial score (nSPS) is 18.8. The minimum Gasteiger partial charge on any atom is -0.400 e. The van der Waals surface area contributed by atoms with Gasteiger partial charge in [-0.25, -0.2) is 0 Å². The second kappa shape index (κ2) is 11.1. The van der Waals surface area contributed by atoms with E-state index in [0.717, 1.165) is 12.8 Å². The predicted molar refractivity (Wildman–Crippen MR) is 126 cm³/mol. The average molecular weight is 434 g/mol. The topological polar surface area (TPSA) is 46.2 Å². The fourth-order valence-corrected chi connectivity index (χ4v) is 6.20. The van der Waals surface area contributed by atoms with E-state index in [9.17, 15) is 0 Å². The van der Waals surface area contributed by atoms with Crippen LogP contribution in [0.25, 0.3) is 0 Å². The van der Waals surface area contributed by atoms with E-state index in [1.807, 2.05) is 0 Å². The fraction of sp³-hybridized carbons (Fsp3) is 0.652. The molecule has 1 aromatic carbocycles. The molecule has 0 radical (unpaired) electrons. The summed E-state index contributed by atoms with van der Waals surface area (Å²) in [7, 11) is -0.515. The van der Waals surface area contributed by atoms with Gasteiger partial charge in [0.1, 0.15) is 14.9 Å². The fourth-order valence-electron chi connectivity index (χ4n) is 3.45. The standard InChI is InChI=1S/C23H39BO5Si/c1-22(2)23(3,4)29-24(28-22)18-21(14-11-15-26-19-27-17-16-25-5)30(6,7)20-12-9-8-10-13-20/h8-10,12-13,18H,11,14-17,19H2,1-7H3/b21-18-. The highest BCUT2D eigenvalue weighted by molar-refractivity contribution is 6.96. The van der Waals surface area contributed by atoms with Gasteiger partial charge in [0.2, 0.25) is 0 Å². The smallest absolute Gasteiger partial charge is 0.400 e. The Balaban J connectivity index is 2.06. The molecule has 0 spiro atoms. The van der Waals surface area contributed by atoms with Gasteiger partial charge in [-0.1, -0.05) is 59.8 Å². The maximum atomic E-state index is 6.27. The minimum atomic E-state index is -1.86. The largest absolute Gasteiger partial charge is 0.486 e. The summed E-state index contributed by atoms with van der Waals surface area (Å²) in [5.41, 5.74) is -0.666. The molecule has 7 heteroatoms. The Morgan fingerprint density at radius 1 is 0.967 bits per heavy atom. The lowest BCUT2D eigenvalue weighted by atomic mass is 9.89. The summed E-state index contributed by atoms with van der Waals surface area (Å²) in [6.07, 6.45) is 1.89. The molecule has 0 saturated carbocycles. The third kappa shape index (κ3) is 6.77. The molecule has 0 amide bonds. The zero-order chi connectivity index (χ0) is 22.3. The molecule has 168 valence electrons. The molecule has 1 heterocycles. The quantitative estimate of drug-likeness (QED) is 0.281. The molecule has 30 heavy (non-hydrogen) atoms. The second-order valence-corrected chi connectivity index (χ2v) is 13.8. The monoisotopic (exact) mass is 434 g/mol. The molecular weight excluding hydrogens is 395 g/mol. The van der Waals surface area contributed by atoms with Crippen LogP contribution in [0, 0.1) is 0 Å². The van der Waals surface area contributed by atoms with E-state index in [2.05, 4.69) is 77.1 Å². The Kier molecular flexibility index (Phi) is 9.34. The summed E-state index contributed by atoms with van der Waals surface area (Å²) in [5.74, 6) is 2.23. The van der Waals surface area contributed by atoms with Crippen LogP contribution in [-0.4, -0.2) is 60.1 Å². The van der Waals surface area contributed by atoms with Gasteiger partial charge >= 0.3 is 7.12 Å². The van der Waals surface area contributed by atoms with E-state index in [0.29, 0.717) is 26.6 Å². The molecule has 1 fully saturated rings. The number of hydrogen-bond donors (Lipinski definition) is 0. The first-order valence-electron chi connectivity index (χ1n) is 10.9. The lowest BCUT2D eigenvalue weighted by molar-refractivity contribution is -0.0659. The number of rotatable bonds is 12. The molecule has 0 N–H and O–H groups in total. The van der Waals surface area contributed by atoms with Crippen molar-refractivity contribution in [2.75, 3.05) is 33.7 Å². The Hall–Kier alpha value is -0.958. The summed E-state index contributed by atoms with van der Waals surface area (Å²) < 4.78 is 28.5. The Bertz CT molecular complexity index is 659. The average Bonchev–Trinajstić information content (AvgIpc) is 2.89. The molecule has 1 aromatic rings. The molecule has 0 aliphatic carbocycles. The maximum Gasteiger partial charge on any atom is 0.486 e. The highest BCUT2D eigenvalue weighted by Crippen LogP contribution is 2.37. The van der Waals surface area contributed by atoms with Crippen LogP contribution in [0.4, 0.5) is 0 Å². The number of hydrogen-bond acceptors (Lipinski definition) is 5. The van der Waals surface area contributed by atoms with Gasteiger partial charge in [-0.05, 0) is 40.5 Å². The second-order valence-electron chi connectivity index (χ2n) is 9.34. The van der Waals surface area contributed by atoms with E-state index < -0.39 is 8.07 Å². The van der Waals surface area contributed by atoms with Crippen molar-refractivity contribution in [2.24, 2.45) is 0 Å². The predicted octanol–water partition coefficient (Wildman–Crippen LogP) is 4.12. The van der Waals surface area contributed by atoms with Crippen molar-refractivity contribution < 1.29 is 23.5 Å². The van der Waals surface area contributed by atoms with Gasteiger partial charge in [0.05, 0.1) is 24.4 Å².